The molecule has 2 atom stereocenters. The smallest absolute Gasteiger partial charge is 0.240 e. The number of anilines is 1. The van der Waals surface area contributed by atoms with Crippen molar-refractivity contribution in [2.24, 2.45) is 5.92 Å². The summed E-state index contributed by atoms with van der Waals surface area (Å²) >= 11 is 0. The molecule has 7 nitrogen and oxygen atoms in total. The highest BCUT2D eigenvalue weighted by atomic mass is 32.2. The van der Waals surface area contributed by atoms with Gasteiger partial charge in [-0.3, -0.25) is 4.79 Å². The van der Waals surface area contributed by atoms with Crippen LogP contribution in [-0.2, 0) is 24.7 Å². The van der Waals surface area contributed by atoms with E-state index in [9.17, 15) is 21.6 Å². The van der Waals surface area contributed by atoms with Gasteiger partial charge in [-0.15, -0.1) is 0 Å². The van der Waals surface area contributed by atoms with E-state index >= 15 is 0 Å². The fourth-order valence-corrected chi connectivity index (χ4v) is 6.26. The molecule has 2 N–H and O–H groups in total. The predicted octanol–water partition coefficient (Wildman–Crippen LogP) is 1.45. The second kappa shape index (κ2) is 7.50. The minimum absolute atomic E-state index is 0.00133. The Labute approximate surface area is 153 Å². The zero-order valence-electron chi connectivity index (χ0n) is 14.2. The molecule has 1 heterocycles. The van der Waals surface area contributed by atoms with Gasteiger partial charge in [0.1, 0.15) is 0 Å². The summed E-state index contributed by atoms with van der Waals surface area (Å²) in [7, 11) is -6.95. The summed E-state index contributed by atoms with van der Waals surface area (Å²) in [5, 5.41) is 2.76. The van der Waals surface area contributed by atoms with Gasteiger partial charge in [0.15, 0.2) is 9.84 Å². The molecule has 0 radical (unpaired) electrons. The van der Waals surface area contributed by atoms with Crippen LogP contribution in [0, 0.1) is 5.92 Å². The summed E-state index contributed by atoms with van der Waals surface area (Å²) < 4.78 is 50.1. The Balaban J connectivity index is 1.59. The number of amides is 1. The van der Waals surface area contributed by atoms with Crippen molar-refractivity contribution in [3.8, 4) is 0 Å². The number of nitrogens with one attached hydrogen (secondary N) is 2. The summed E-state index contributed by atoms with van der Waals surface area (Å²) in [5.41, 5.74) is 0.527. The molecule has 1 fully saturated rings. The monoisotopic (exact) mass is 398 g/mol. The number of benzene rings is 1. The number of hydrogen-bond acceptors (Lipinski definition) is 5. The number of carbonyl (C=O) groups is 1. The van der Waals surface area contributed by atoms with Gasteiger partial charge in [0.2, 0.25) is 15.9 Å². The minimum atomic E-state index is -3.79. The molecule has 1 aromatic carbocycles. The second-order valence-electron chi connectivity index (χ2n) is 6.76. The molecule has 0 unspecified atom stereocenters. The molecule has 0 spiro atoms. The van der Waals surface area contributed by atoms with E-state index in [2.05, 4.69) is 16.1 Å². The van der Waals surface area contributed by atoms with Gasteiger partial charge in [-0.05, 0) is 49.4 Å². The first kappa shape index (κ1) is 19.1. The molecule has 3 rings (SSSR count). The molecule has 1 amide bonds. The first-order valence-electron chi connectivity index (χ1n) is 8.53. The highest BCUT2D eigenvalue weighted by Crippen LogP contribution is 2.22. The number of carbonyl (C=O) groups excluding carboxylic acids is 1. The van der Waals surface area contributed by atoms with Gasteiger partial charge in [0, 0.05) is 18.2 Å². The fraction of sp³-hybridized carbons (Fsp3) is 0.471. The first-order valence-corrected chi connectivity index (χ1v) is 11.8. The zero-order valence-corrected chi connectivity index (χ0v) is 15.9. The minimum Gasteiger partial charge on any atom is -0.326 e. The summed E-state index contributed by atoms with van der Waals surface area (Å²) in [6.07, 6.45) is 6.79. The van der Waals surface area contributed by atoms with Crippen molar-refractivity contribution in [3.63, 3.8) is 0 Å². The van der Waals surface area contributed by atoms with Crippen molar-refractivity contribution in [1.29, 1.82) is 0 Å². The lowest BCUT2D eigenvalue weighted by molar-refractivity contribution is -0.116. The van der Waals surface area contributed by atoms with Crippen molar-refractivity contribution in [1.82, 2.24) is 4.72 Å². The molecular formula is C17H22N2O5S2. The fourth-order valence-electron chi connectivity index (χ4n) is 3.21. The summed E-state index contributed by atoms with van der Waals surface area (Å²) in [4.78, 5) is 12.0. The molecule has 0 bridgehead atoms. The third kappa shape index (κ3) is 4.93. The summed E-state index contributed by atoms with van der Waals surface area (Å²) in [6.45, 7) is 0. The van der Waals surface area contributed by atoms with Gasteiger partial charge in [-0.1, -0.05) is 12.2 Å². The van der Waals surface area contributed by atoms with Gasteiger partial charge in [0.25, 0.3) is 0 Å². The molecule has 1 aliphatic carbocycles. The number of sulfonamides is 1. The lowest BCUT2D eigenvalue weighted by atomic mass is 10.1. The topological polar surface area (TPSA) is 109 Å². The van der Waals surface area contributed by atoms with Crippen molar-refractivity contribution in [2.45, 2.75) is 36.6 Å². The molecule has 26 heavy (non-hydrogen) atoms. The van der Waals surface area contributed by atoms with Gasteiger partial charge in [0.05, 0.1) is 16.4 Å². The van der Waals surface area contributed by atoms with E-state index in [0.717, 1.165) is 12.8 Å². The Morgan fingerprint density at radius 3 is 2.46 bits per heavy atom. The van der Waals surface area contributed by atoms with Crippen LogP contribution in [0.5, 0.6) is 0 Å². The van der Waals surface area contributed by atoms with Crippen LogP contribution >= 0.6 is 0 Å². The lowest BCUT2D eigenvalue weighted by Gasteiger charge is -2.12. The SMILES string of the molecule is O=C(C[C@H]1C=CCC1)Nc1ccc(S(=O)(=O)N[C@H]2CCS(=O)(=O)C2)cc1. The van der Waals surface area contributed by atoms with E-state index in [1.165, 1.54) is 24.3 Å². The molecule has 1 saturated heterocycles. The molecule has 1 aliphatic heterocycles. The van der Waals surface area contributed by atoms with Gasteiger partial charge < -0.3 is 5.32 Å². The average molecular weight is 399 g/mol. The Kier molecular flexibility index (Phi) is 5.50. The predicted molar refractivity (Wildman–Crippen MR) is 98.9 cm³/mol. The maximum Gasteiger partial charge on any atom is 0.240 e. The maximum absolute atomic E-state index is 12.4. The third-order valence-electron chi connectivity index (χ3n) is 4.56. The Bertz CT molecular complexity index is 905. The molecule has 142 valence electrons. The van der Waals surface area contributed by atoms with Crippen LogP contribution in [0.3, 0.4) is 0 Å². The molecule has 0 aromatic heterocycles. The molecule has 1 aromatic rings. The summed E-state index contributed by atoms with van der Waals surface area (Å²) in [5.74, 6) is -0.00915. The van der Waals surface area contributed by atoms with E-state index < -0.39 is 25.9 Å². The third-order valence-corrected chi connectivity index (χ3v) is 7.87. The van der Waals surface area contributed by atoms with Gasteiger partial charge in [-0.25, -0.2) is 21.6 Å². The van der Waals surface area contributed by atoms with E-state index in [-0.39, 0.29) is 34.6 Å². The van der Waals surface area contributed by atoms with Gasteiger partial charge >= 0.3 is 0 Å². The van der Waals surface area contributed by atoms with Crippen LogP contribution in [0.2, 0.25) is 0 Å². The normalized spacial score (nSPS) is 24.6. The number of sulfone groups is 1. The summed E-state index contributed by atoms with van der Waals surface area (Å²) in [6, 6.07) is 5.27. The van der Waals surface area contributed by atoms with Crippen molar-refractivity contribution < 1.29 is 21.6 Å². The first-order chi connectivity index (χ1) is 12.2. The highest BCUT2D eigenvalue weighted by molar-refractivity contribution is 7.92. The zero-order chi connectivity index (χ0) is 18.8. The van der Waals surface area contributed by atoms with E-state index in [1.54, 1.807) is 0 Å². The van der Waals surface area contributed by atoms with E-state index in [1.807, 2.05) is 6.08 Å². The Morgan fingerprint density at radius 1 is 1.15 bits per heavy atom. The average Bonchev–Trinajstić information content (AvgIpc) is 3.16. The maximum atomic E-state index is 12.4. The Hall–Kier alpha value is -1.71. The number of hydrogen-bond donors (Lipinski definition) is 2. The van der Waals surface area contributed by atoms with E-state index in [4.69, 9.17) is 0 Å². The van der Waals surface area contributed by atoms with Crippen molar-refractivity contribution >= 4 is 31.5 Å². The van der Waals surface area contributed by atoms with Crippen LogP contribution in [-0.4, -0.2) is 40.3 Å². The largest absolute Gasteiger partial charge is 0.326 e. The van der Waals surface area contributed by atoms with Crippen LogP contribution in [0.15, 0.2) is 41.3 Å². The number of rotatable bonds is 6. The quantitative estimate of drug-likeness (QED) is 0.705. The highest BCUT2D eigenvalue weighted by Gasteiger charge is 2.31. The molecule has 9 heteroatoms. The standard InChI is InChI=1S/C17H22N2O5S2/c20-17(11-13-3-1-2-4-13)18-14-5-7-16(8-6-14)26(23,24)19-15-9-10-25(21,22)12-15/h1,3,5-8,13,15,19H,2,4,9-12H2,(H,18,20)/t13-,15-/m0/s1. The lowest BCUT2D eigenvalue weighted by Crippen LogP contribution is -2.35. The van der Waals surface area contributed by atoms with Crippen molar-refractivity contribution in [3.05, 3.63) is 36.4 Å². The molecular weight excluding hydrogens is 376 g/mol. The van der Waals surface area contributed by atoms with Crippen LogP contribution in [0.1, 0.15) is 25.7 Å². The van der Waals surface area contributed by atoms with E-state index in [0.29, 0.717) is 12.1 Å². The van der Waals surface area contributed by atoms with Gasteiger partial charge in [-0.2, -0.15) is 0 Å². The van der Waals surface area contributed by atoms with Crippen LogP contribution in [0.4, 0.5) is 5.69 Å². The number of allylic oxidation sites excluding steroid dienone is 2. The van der Waals surface area contributed by atoms with Crippen molar-refractivity contribution in [2.75, 3.05) is 16.8 Å². The van der Waals surface area contributed by atoms with Crippen LogP contribution < -0.4 is 10.0 Å². The molecule has 2 aliphatic rings. The molecule has 0 saturated carbocycles. The second-order valence-corrected chi connectivity index (χ2v) is 10.7. The Morgan fingerprint density at radius 2 is 1.88 bits per heavy atom. The van der Waals surface area contributed by atoms with Crippen LogP contribution in [0.25, 0.3) is 0 Å².